The SMILES string of the molecule is CCCCCCCCNC(=S)OCc1ccccc1[N+](=O)[O-]. The van der Waals surface area contributed by atoms with E-state index in [1.807, 2.05) is 0 Å². The number of para-hydroxylation sites is 1. The zero-order valence-electron chi connectivity index (χ0n) is 13.0. The highest BCUT2D eigenvalue weighted by molar-refractivity contribution is 7.80. The minimum atomic E-state index is -0.411. The largest absolute Gasteiger partial charge is 0.466 e. The summed E-state index contributed by atoms with van der Waals surface area (Å²) in [7, 11) is 0. The molecule has 6 heteroatoms. The summed E-state index contributed by atoms with van der Waals surface area (Å²) in [4.78, 5) is 10.5. The number of nitro groups is 1. The van der Waals surface area contributed by atoms with Crippen LogP contribution in [0.1, 0.15) is 51.0 Å². The molecule has 5 nitrogen and oxygen atoms in total. The molecule has 122 valence electrons. The van der Waals surface area contributed by atoms with Gasteiger partial charge in [0, 0.05) is 12.6 Å². The summed E-state index contributed by atoms with van der Waals surface area (Å²) in [6.45, 7) is 3.09. The molecule has 0 aliphatic carbocycles. The van der Waals surface area contributed by atoms with Gasteiger partial charge in [-0.3, -0.25) is 10.1 Å². The molecular weight excluding hydrogens is 300 g/mol. The zero-order chi connectivity index (χ0) is 16.2. The molecule has 1 N–H and O–H groups in total. The van der Waals surface area contributed by atoms with Crippen molar-refractivity contribution in [1.29, 1.82) is 0 Å². The predicted molar refractivity (Wildman–Crippen MR) is 91.9 cm³/mol. The summed E-state index contributed by atoms with van der Waals surface area (Å²) in [6, 6.07) is 6.52. The van der Waals surface area contributed by atoms with Crippen LogP contribution in [0.2, 0.25) is 0 Å². The average Bonchev–Trinajstić information content (AvgIpc) is 2.52. The van der Waals surface area contributed by atoms with E-state index < -0.39 is 4.92 Å². The van der Waals surface area contributed by atoms with Crippen molar-refractivity contribution in [2.45, 2.75) is 52.1 Å². The lowest BCUT2D eigenvalue weighted by molar-refractivity contribution is -0.385. The van der Waals surface area contributed by atoms with E-state index in [0.29, 0.717) is 10.7 Å². The van der Waals surface area contributed by atoms with Gasteiger partial charge in [0.25, 0.3) is 10.9 Å². The monoisotopic (exact) mass is 324 g/mol. The molecule has 1 rings (SSSR count). The molecule has 0 aromatic heterocycles. The van der Waals surface area contributed by atoms with Crippen molar-refractivity contribution < 1.29 is 9.66 Å². The summed E-state index contributed by atoms with van der Waals surface area (Å²) in [6.07, 6.45) is 7.32. The van der Waals surface area contributed by atoms with Gasteiger partial charge in [-0.25, -0.2) is 0 Å². The van der Waals surface area contributed by atoms with E-state index in [0.717, 1.165) is 13.0 Å². The van der Waals surface area contributed by atoms with Crippen LogP contribution in [0.5, 0.6) is 0 Å². The molecule has 0 heterocycles. The summed E-state index contributed by atoms with van der Waals surface area (Å²) >= 11 is 5.08. The Morgan fingerprint density at radius 3 is 2.64 bits per heavy atom. The summed E-state index contributed by atoms with van der Waals surface area (Å²) in [5.74, 6) is 0. The van der Waals surface area contributed by atoms with E-state index in [1.165, 1.54) is 38.2 Å². The molecule has 0 unspecified atom stereocenters. The van der Waals surface area contributed by atoms with Gasteiger partial charge in [0.05, 0.1) is 10.5 Å². The van der Waals surface area contributed by atoms with Crippen LogP contribution in [-0.4, -0.2) is 16.6 Å². The lowest BCUT2D eigenvalue weighted by atomic mass is 10.1. The molecule has 0 spiro atoms. The molecule has 0 fully saturated rings. The molecule has 0 aliphatic heterocycles. The van der Waals surface area contributed by atoms with Crippen LogP contribution in [0.15, 0.2) is 24.3 Å². The summed E-state index contributed by atoms with van der Waals surface area (Å²) in [5, 5.41) is 14.2. The number of hydrogen-bond acceptors (Lipinski definition) is 4. The van der Waals surface area contributed by atoms with Gasteiger partial charge in [-0.15, -0.1) is 0 Å². The Balaban J connectivity index is 2.20. The normalized spacial score (nSPS) is 10.2. The first-order chi connectivity index (χ1) is 10.6. The molecule has 0 aliphatic rings. The fourth-order valence-corrected chi connectivity index (χ4v) is 2.26. The van der Waals surface area contributed by atoms with Crippen molar-refractivity contribution in [3.05, 3.63) is 39.9 Å². The third kappa shape index (κ3) is 7.36. The number of rotatable bonds is 10. The number of nitrogens with zero attached hydrogens (tertiary/aromatic N) is 1. The lowest BCUT2D eigenvalue weighted by Gasteiger charge is -2.10. The second-order valence-electron chi connectivity index (χ2n) is 5.16. The highest BCUT2D eigenvalue weighted by Crippen LogP contribution is 2.18. The molecule has 0 amide bonds. The minimum absolute atomic E-state index is 0.0567. The van der Waals surface area contributed by atoms with Gasteiger partial charge in [-0.1, -0.05) is 51.2 Å². The van der Waals surface area contributed by atoms with Crippen LogP contribution < -0.4 is 5.32 Å². The van der Waals surface area contributed by atoms with E-state index in [4.69, 9.17) is 17.0 Å². The lowest BCUT2D eigenvalue weighted by Crippen LogP contribution is -2.25. The highest BCUT2D eigenvalue weighted by atomic mass is 32.1. The molecule has 1 aromatic carbocycles. The maximum Gasteiger partial charge on any atom is 0.276 e. The molecule has 0 radical (unpaired) electrons. The summed E-state index contributed by atoms with van der Waals surface area (Å²) < 4.78 is 5.38. The molecule has 0 atom stereocenters. The maximum absolute atomic E-state index is 10.9. The average molecular weight is 324 g/mol. The van der Waals surface area contributed by atoms with Crippen LogP contribution in [0.4, 0.5) is 5.69 Å². The number of nitro benzene ring substituents is 1. The Hall–Kier alpha value is -1.69. The van der Waals surface area contributed by atoms with Gasteiger partial charge in [0.1, 0.15) is 6.61 Å². The van der Waals surface area contributed by atoms with Crippen LogP contribution in [-0.2, 0) is 11.3 Å². The first-order valence-electron chi connectivity index (χ1n) is 7.78. The van der Waals surface area contributed by atoms with E-state index in [2.05, 4.69) is 12.2 Å². The Kier molecular flexibility index (Phi) is 9.14. The third-order valence-electron chi connectivity index (χ3n) is 3.35. The predicted octanol–water partition coefficient (Wildman–Crippen LogP) is 4.35. The van der Waals surface area contributed by atoms with Crippen LogP contribution in [0.3, 0.4) is 0 Å². The molecule has 1 aromatic rings. The maximum atomic E-state index is 10.9. The summed E-state index contributed by atoms with van der Waals surface area (Å²) in [5.41, 5.74) is 0.581. The second-order valence-corrected chi connectivity index (χ2v) is 5.53. The molecule has 0 saturated heterocycles. The number of hydrogen-bond donors (Lipinski definition) is 1. The first kappa shape index (κ1) is 18.4. The molecule has 0 saturated carbocycles. The Labute approximate surface area is 137 Å². The number of ether oxygens (including phenoxy) is 1. The van der Waals surface area contributed by atoms with Crippen LogP contribution >= 0.6 is 12.2 Å². The standard InChI is InChI=1S/C16H24N2O3S/c1-2-3-4-5-6-9-12-17-16(22)21-13-14-10-7-8-11-15(14)18(19)20/h7-8,10-11H,2-6,9,12-13H2,1H3,(H,17,22). The van der Waals surface area contributed by atoms with Crippen molar-refractivity contribution in [1.82, 2.24) is 5.32 Å². The van der Waals surface area contributed by atoms with E-state index in [-0.39, 0.29) is 12.3 Å². The van der Waals surface area contributed by atoms with E-state index in [9.17, 15) is 10.1 Å². The van der Waals surface area contributed by atoms with Gasteiger partial charge in [-0.2, -0.15) is 0 Å². The van der Waals surface area contributed by atoms with Crippen molar-refractivity contribution >= 4 is 23.1 Å². The number of unbranched alkanes of at least 4 members (excludes halogenated alkanes) is 5. The smallest absolute Gasteiger partial charge is 0.276 e. The van der Waals surface area contributed by atoms with Crippen molar-refractivity contribution in [2.24, 2.45) is 0 Å². The topological polar surface area (TPSA) is 64.4 Å². The van der Waals surface area contributed by atoms with Crippen molar-refractivity contribution in [3.8, 4) is 0 Å². The molecular formula is C16H24N2O3S. The second kappa shape index (κ2) is 11.0. The number of thiocarbonyl (C=S) groups is 1. The van der Waals surface area contributed by atoms with Gasteiger partial charge in [-0.05, 0) is 24.7 Å². The molecule has 22 heavy (non-hydrogen) atoms. The van der Waals surface area contributed by atoms with Gasteiger partial charge < -0.3 is 10.1 Å². The van der Waals surface area contributed by atoms with Gasteiger partial charge in [0.2, 0.25) is 0 Å². The van der Waals surface area contributed by atoms with E-state index >= 15 is 0 Å². The minimum Gasteiger partial charge on any atom is -0.466 e. The Bertz CT molecular complexity index is 480. The first-order valence-corrected chi connectivity index (χ1v) is 8.19. The molecule has 0 bridgehead atoms. The van der Waals surface area contributed by atoms with Gasteiger partial charge in [0.15, 0.2) is 0 Å². The Morgan fingerprint density at radius 2 is 1.91 bits per heavy atom. The third-order valence-corrected chi connectivity index (χ3v) is 3.61. The van der Waals surface area contributed by atoms with Crippen LogP contribution in [0.25, 0.3) is 0 Å². The quantitative estimate of drug-likeness (QED) is 0.300. The number of nitrogens with one attached hydrogen (secondary N) is 1. The number of benzene rings is 1. The van der Waals surface area contributed by atoms with Gasteiger partial charge >= 0.3 is 0 Å². The Morgan fingerprint density at radius 1 is 1.23 bits per heavy atom. The zero-order valence-corrected chi connectivity index (χ0v) is 13.9. The van der Waals surface area contributed by atoms with E-state index in [1.54, 1.807) is 18.2 Å². The van der Waals surface area contributed by atoms with Crippen molar-refractivity contribution in [2.75, 3.05) is 6.54 Å². The fraction of sp³-hybridized carbons (Fsp3) is 0.562. The fourth-order valence-electron chi connectivity index (χ4n) is 2.10. The highest BCUT2D eigenvalue weighted by Gasteiger charge is 2.12. The van der Waals surface area contributed by atoms with Crippen molar-refractivity contribution in [3.63, 3.8) is 0 Å². The van der Waals surface area contributed by atoms with Crippen LogP contribution in [0, 0.1) is 10.1 Å².